The van der Waals surface area contributed by atoms with Crippen molar-refractivity contribution in [2.45, 2.75) is 92.5 Å². The molecule has 7 nitrogen and oxygen atoms in total. The lowest BCUT2D eigenvalue weighted by Crippen LogP contribution is -2.39. The van der Waals surface area contributed by atoms with Gasteiger partial charge in [0.1, 0.15) is 0 Å². The van der Waals surface area contributed by atoms with E-state index in [-0.39, 0.29) is 5.41 Å². The fourth-order valence-electron chi connectivity index (χ4n) is 6.65. The molecular formula is C37H46N4O3. The molecule has 44 heavy (non-hydrogen) atoms. The molecule has 5 rings (SSSR count). The van der Waals surface area contributed by atoms with Gasteiger partial charge in [-0.2, -0.15) is 5.26 Å². The normalized spacial score (nSPS) is 17.5. The highest BCUT2D eigenvalue weighted by Gasteiger charge is 2.36. The molecule has 2 aromatic carbocycles. The van der Waals surface area contributed by atoms with Crippen LogP contribution in [0.25, 0.3) is 11.1 Å². The van der Waals surface area contributed by atoms with Crippen molar-refractivity contribution in [3.63, 3.8) is 0 Å². The predicted molar refractivity (Wildman–Crippen MR) is 175 cm³/mol. The first-order valence-electron chi connectivity index (χ1n) is 15.7. The van der Waals surface area contributed by atoms with Gasteiger partial charge in [0.05, 0.1) is 22.9 Å². The Morgan fingerprint density at radius 1 is 1.07 bits per heavy atom. The number of aryl methyl sites for hydroxylation is 2. The Morgan fingerprint density at radius 3 is 2.45 bits per heavy atom. The van der Waals surface area contributed by atoms with E-state index in [1.54, 1.807) is 0 Å². The van der Waals surface area contributed by atoms with Crippen LogP contribution in [0.1, 0.15) is 92.8 Å². The Morgan fingerprint density at radius 2 is 1.80 bits per heavy atom. The molecule has 0 aliphatic carbocycles. The monoisotopic (exact) mass is 594 g/mol. The molecule has 0 radical (unpaired) electrons. The highest BCUT2D eigenvalue weighted by molar-refractivity contribution is 5.88. The molecule has 3 heterocycles. The number of carbonyl (C=O) groups is 1. The van der Waals surface area contributed by atoms with Crippen LogP contribution in [-0.2, 0) is 29.0 Å². The van der Waals surface area contributed by atoms with Gasteiger partial charge in [0.15, 0.2) is 6.10 Å². The number of fused-ring (bicyclic) bond motifs is 1. The number of benzene rings is 2. The average Bonchev–Trinajstić information content (AvgIpc) is 2.95. The first-order chi connectivity index (χ1) is 20.7. The van der Waals surface area contributed by atoms with E-state index in [0.29, 0.717) is 16.8 Å². The largest absolute Gasteiger partial charge is 0.479 e. The molecule has 3 aromatic rings. The lowest BCUT2D eigenvalue weighted by molar-refractivity contribution is -0.160. The van der Waals surface area contributed by atoms with Crippen molar-refractivity contribution in [1.29, 1.82) is 5.26 Å². The van der Waals surface area contributed by atoms with E-state index in [9.17, 15) is 15.2 Å². The van der Waals surface area contributed by atoms with Gasteiger partial charge in [-0.25, -0.2) is 4.79 Å². The summed E-state index contributed by atoms with van der Waals surface area (Å²) in [7, 11) is 0. The summed E-state index contributed by atoms with van der Waals surface area (Å²) in [4.78, 5) is 22.6. The fourth-order valence-corrected chi connectivity index (χ4v) is 6.65. The summed E-state index contributed by atoms with van der Waals surface area (Å²) in [5, 5.41) is 19.8. The summed E-state index contributed by atoms with van der Waals surface area (Å²) in [6.07, 6.45) is 1.85. The van der Waals surface area contributed by atoms with Gasteiger partial charge in [-0.1, -0.05) is 44.2 Å². The molecule has 1 atom stereocenters. The van der Waals surface area contributed by atoms with Gasteiger partial charge in [-0.3, -0.25) is 9.88 Å². The van der Waals surface area contributed by atoms with Crippen LogP contribution in [0.15, 0.2) is 42.5 Å². The number of piperidine rings is 1. The maximum Gasteiger partial charge on any atom is 0.337 e. The van der Waals surface area contributed by atoms with Gasteiger partial charge < -0.3 is 14.7 Å². The first-order valence-corrected chi connectivity index (χ1v) is 15.7. The molecule has 1 fully saturated rings. The molecule has 232 valence electrons. The minimum absolute atomic E-state index is 0.246. The average molecular weight is 595 g/mol. The fraction of sp³-hybridized carbons (Fsp3) is 0.486. The third-order valence-electron chi connectivity index (χ3n) is 9.02. The van der Waals surface area contributed by atoms with Crippen molar-refractivity contribution in [3.8, 4) is 17.2 Å². The van der Waals surface area contributed by atoms with Crippen molar-refractivity contribution in [3.05, 3.63) is 81.7 Å². The Balaban J connectivity index is 1.56. The van der Waals surface area contributed by atoms with Gasteiger partial charge in [-0.15, -0.1) is 0 Å². The minimum atomic E-state index is -1.13. The molecule has 1 unspecified atom stereocenters. The number of hydrogen-bond donors (Lipinski definition) is 1. The predicted octanol–water partition coefficient (Wildman–Crippen LogP) is 7.36. The molecule has 0 spiro atoms. The quantitative estimate of drug-likeness (QED) is 0.306. The number of ether oxygens (including phenoxy) is 1. The van der Waals surface area contributed by atoms with Crippen LogP contribution < -0.4 is 4.90 Å². The molecular weight excluding hydrogens is 548 g/mol. The molecule has 0 bridgehead atoms. The molecule has 2 aliphatic rings. The number of aromatic nitrogens is 1. The Hall–Kier alpha value is -3.73. The molecule has 1 aromatic heterocycles. The zero-order valence-electron chi connectivity index (χ0n) is 27.3. The Bertz CT molecular complexity index is 1590. The zero-order chi connectivity index (χ0) is 31.8. The number of nitrogens with zero attached hydrogens (tertiary/aromatic N) is 4. The van der Waals surface area contributed by atoms with E-state index in [2.05, 4.69) is 54.0 Å². The summed E-state index contributed by atoms with van der Waals surface area (Å²) in [6, 6.07) is 16.8. The van der Waals surface area contributed by atoms with E-state index >= 15 is 0 Å². The third kappa shape index (κ3) is 6.98. The number of pyridine rings is 1. The summed E-state index contributed by atoms with van der Waals surface area (Å²) in [5.41, 5.74) is 9.37. The van der Waals surface area contributed by atoms with E-state index in [1.807, 2.05) is 52.8 Å². The molecule has 7 heteroatoms. The number of nitriles is 1. The van der Waals surface area contributed by atoms with Gasteiger partial charge >= 0.3 is 5.97 Å². The highest BCUT2D eigenvalue weighted by atomic mass is 16.5. The van der Waals surface area contributed by atoms with Gasteiger partial charge in [0.2, 0.25) is 0 Å². The summed E-state index contributed by atoms with van der Waals surface area (Å²) < 4.78 is 6.25. The van der Waals surface area contributed by atoms with Crippen LogP contribution in [0.2, 0.25) is 0 Å². The lowest BCUT2D eigenvalue weighted by Gasteiger charge is -2.41. The number of anilines is 1. The standard InChI is InChI=1S/C37H46N4O3/c1-24-31(29-11-12-30-23-40(16-13-28(30)20-29)22-27-10-8-9-26(19-27)21-38)33(41-17-14-37(6,7)15-18-41)32(25(2)39-24)34(35(42)43)44-36(3,4)5/h8-12,19-20,34H,13-18,22-23H2,1-7H3,(H,42,43). The smallest absolute Gasteiger partial charge is 0.337 e. The summed E-state index contributed by atoms with van der Waals surface area (Å²) in [5.74, 6) is -0.996. The minimum Gasteiger partial charge on any atom is -0.479 e. The Labute approximate surface area is 262 Å². The second-order valence-corrected chi connectivity index (χ2v) is 14.3. The zero-order valence-corrected chi connectivity index (χ0v) is 27.3. The van der Waals surface area contributed by atoms with E-state index < -0.39 is 17.7 Å². The van der Waals surface area contributed by atoms with Crippen LogP contribution in [-0.4, -0.2) is 46.2 Å². The highest BCUT2D eigenvalue weighted by Crippen LogP contribution is 2.45. The van der Waals surface area contributed by atoms with Crippen molar-refractivity contribution in [1.82, 2.24) is 9.88 Å². The first kappa shape index (κ1) is 31.7. The topological polar surface area (TPSA) is 89.7 Å². The second kappa shape index (κ2) is 12.3. The van der Waals surface area contributed by atoms with Crippen LogP contribution in [0.5, 0.6) is 0 Å². The van der Waals surface area contributed by atoms with E-state index in [4.69, 9.17) is 9.72 Å². The molecule has 1 N–H and O–H groups in total. The number of carboxylic acids is 1. The molecule has 2 aliphatic heterocycles. The van der Waals surface area contributed by atoms with Crippen LogP contribution in [0, 0.1) is 30.6 Å². The van der Waals surface area contributed by atoms with Crippen molar-refractivity contribution >= 4 is 11.7 Å². The SMILES string of the molecule is Cc1nc(C)c(C(OC(C)(C)C)C(=O)O)c(N2CCC(C)(C)CC2)c1-c1ccc2c(c1)CCN(Cc1cccc(C#N)c1)C2. The van der Waals surface area contributed by atoms with Crippen molar-refractivity contribution in [2.24, 2.45) is 5.41 Å². The molecule has 0 saturated carbocycles. The number of carboxylic acid groups (broad SMARTS) is 1. The molecule has 0 amide bonds. The summed E-state index contributed by atoms with van der Waals surface area (Å²) >= 11 is 0. The van der Waals surface area contributed by atoms with Gasteiger partial charge in [0, 0.05) is 55.2 Å². The van der Waals surface area contributed by atoms with Crippen molar-refractivity contribution < 1.29 is 14.6 Å². The maximum atomic E-state index is 12.8. The molecule has 1 saturated heterocycles. The van der Waals surface area contributed by atoms with Crippen LogP contribution in [0.3, 0.4) is 0 Å². The number of hydrogen-bond acceptors (Lipinski definition) is 6. The third-order valence-corrected chi connectivity index (χ3v) is 9.02. The second-order valence-electron chi connectivity index (χ2n) is 14.3. The summed E-state index contributed by atoms with van der Waals surface area (Å²) in [6.45, 7) is 18.6. The van der Waals surface area contributed by atoms with Crippen LogP contribution >= 0.6 is 0 Å². The lowest BCUT2D eigenvalue weighted by atomic mass is 9.81. The Kier molecular flexibility index (Phi) is 8.89. The van der Waals surface area contributed by atoms with Crippen molar-refractivity contribution in [2.75, 3.05) is 24.5 Å². The number of rotatable bonds is 7. The maximum absolute atomic E-state index is 12.8. The van der Waals surface area contributed by atoms with Gasteiger partial charge in [0.25, 0.3) is 0 Å². The van der Waals surface area contributed by atoms with E-state index in [1.165, 1.54) is 11.1 Å². The van der Waals surface area contributed by atoms with Gasteiger partial charge in [-0.05, 0) is 93.7 Å². The van der Waals surface area contributed by atoms with Crippen LogP contribution in [0.4, 0.5) is 5.69 Å². The number of aliphatic carboxylic acids is 1. The van der Waals surface area contributed by atoms with E-state index in [0.717, 1.165) is 80.1 Å².